The number of benzene rings is 4. The van der Waals surface area contributed by atoms with E-state index in [0.717, 1.165) is 40.0 Å². The molecule has 6 heteroatoms. The Kier molecular flexibility index (Phi) is 6.50. The first-order valence-electron chi connectivity index (χ1n) is 11.6. The van der Waals surface area contributed by atoms with Crippen LogP contribution in [-0.2, 0) is 13.2 Å². The first kappa shape index (κ1) is 23.3. The monoisotopic (exact) mass is 482 g/mol. The average molecular weight is 483 g/mol. The second-order valence-electron chi connectivity index (χ2n) is 8.52. The van der Waals surface area contributed by atoms with E-state index in [-0.39, 0.29) is 12.5 Å². The van der Waals surface area contributed by atoms with Crippen molar-refractivity contribution in [2.24, 2.45) is 0 Å². The predicted molar refractivity (Wildman–Crippen MR) is 136 cm³/mol. The van der Waals surface area contributed by atoms with Crippen LogP contribution in [0, 0.1) is 18.6 Å². The maximum absolute atomic E-state index is 13.6. The van der Waals surface area contributed by atoms with Gasteiger partial charge in [0.15, 0.2) is 11.6 Å². The normalized spacial score (nSPS) is 11.0. The highest BCUT2D eigenvalue weighted by molar-refractivity contribution is 6.09. The molecule has 1 amide bonds. The fraction of sp³-hybridized carbons (Fsp3) is 0.100. The van der Waals surface area contributed by atoms with Gasteiger partial charge in [0.05, 0.1) is 11.1 Å². The lowest BCUT2D eigenvalue weighted by Gasteiger charge is -2.09. The van der Waals surface area contributed by atoms with Gasteiger partial charge < -0.3 is 14.6 Å². The van der Waals surface area contributed by atoms with Crippen molar-refractivity contribution in [2.45, 2.75) is 20.1 Å². The van der Waals surface area contributed by atoms with Crippen molar-refractivity contribution in [2.75, 3.05) is 0 Å². The van der Waals surface area contributed by atoms with E-state index in [9.17, 15) is 13.6 Å². The molecule has 0 aliphatic rings. The quantitative estimate of drug-likeness (QED) is 0.280. The molecule has 0 unspecified atom stereocenters. The molecule has 0 bridgehead atoms. The average Bonchev–Trinajstić information content (AvgIpc) is 3.20. The Morgan fingerprint density at radius 3 is 2.28 bits per heavy atom. The highest BCUT2D eigenvalue weighted by Gasteiger charge is 2.21. The molecular formula is C30H24F2N2O2. The summed E-state index contributed by atoms with van der Waals surface area (Å²) in [6, 6.07) is 29.0. The lowest BCUT2D eigenvalue weighted by Crippen LogP contribution is -2.23. The number of fused-ring (bicyclic) bond motifs is 1. The fourth-order valence-electron chi connectivity index (χ4n) is 4.35. The van der Waals surface area contributed by atoms with Crippen molar-refractivity contribution in [3.8, 4) is 11.4 Å². The van der Waals surface area contributed by atoms with Crippen molar-refractivity contribution in [3.05, 3.63) is 131 Å². The molecule has 1 aromatic heterocycles. The third kappa shape index (κ3) is 4.70. The highest BCUT2D eigenvalue weighted by Crippen LogP contribution is 2.32. The Morgan fingerprint density at radius 1 is 0.833 bits per heavy atom. The summed E-state index contributed by atoms with van der Waals surface area (Å²) in [7, 11) is 0. The van der Waals surface area contributed by atoms with Gasteiger partial charge in [-0.05, 0) is 60.5 Å². The summed E-state index contributed by atoms with van der Waals surface area (Å²) in [6.45, 7) is 2.37. The number of hydrogen-bond donors (Lipinski definition) is 1. The van der Waals surface area contributed by atoms with E-state index in [1.165, 1.54) is 6.07 Å². The molecule has 4 aromatic carbocycles. The molecular weight excluding hydrogens is 458 g/mol. The van der Waals surface area contributed by atoms with Crippen LogP contribution in [0.5, 0.6) is 5.75 Å². The molecule has 0 aliphatic carbocycles. The number of amides is 1. The molecule has 180 valence electrons. The van der Waals surface area contributed by atoms with E-state index in [1.807, 2.05) is 90.4 Å². The van der Waals surface area contributed by atoms with Crippen LogP contribution in [-0.4, -0.2) is 10.5 Å². The molecule has 0 radical (unpaired) electrons. The number of ether oxygens (including phenoxy) is 1. The summed E-state index contributed by atoms with van der Waals surface area (Å²) in [5.41, 5.74) is 4.57. The number of carbonyl (C=O) groups is 1. The Labute approximate surface area is 207 Å². The Morgan fingerprint density at radius 2 is 1.56 bits per heavy atom. The zero-order chi connectivity index (χ0) is 25.1. The van der Waals surface area contributed by atoms with Gasteiger partial charge in [0, 0.05) is 23.3 Å². The van der Waals surface area contributed by atoms with E-state index in [2.05, 4.69) is 5.32 Å². The van der Waals surface area contributed by atoms with Crippen molar-refractivity contribution in [3.63, 3.8) is 0 Å². The van der Waals surface area contributed by atoms with Crippen molar-refractivity contribution >= 4 is 16.8 Å². The number of rotatable bonds is 7. The summed E-state index contributed by atoms with van der Waals surface area (Å²) < 4.78 is 35.0. The second kappa shape index (κ2) is 10.0. The van der Waals surface area contributed by atoms with E-state index in [0.29, 0.717) is 23.5 Å². The van der Waals surface area contributed by atoms with Gasteiger partial charge in [-0.15, -0.1) is 0 Å². The van der Waals surface area contributed by atoms with Crippen LogP contribution >= 0.6 is 0 Å². The number of halogens is 2. The fourth-order valence-corrected chi connectivity index (χ4v) is 4.35. The van der Waals surface area contributed by atoms with Gasteiger partial charge >= 0.3 is 0 Å². The zero-order valence-electron chi connectivity index (χ0n) is 19.7. The molecule has 4 nitrogen and oxygen atoms in total. The smallest absolute Gasteiger partial charge is 0.254 e. The largest absolute Gasteiger partial charge is 0.489 e. The van der Waals surface area contributed by atoms with E-state index < -0.39 is 11.6 Å². The third-order valence-corrected chi connectivity index (χ3v) is 6.10. The molecule has 5 rings (SSSR count). The molecule has 5 aromatic rings. The van der Waals surface area contributed by atoms with E-state index in [4.69, 9.17) is 4.74 Å². The summed E-state index contributed by atoms with van der Waals surface area (Å²) in [4.78, 5) is 13.4. The highest BCUT2D eigenvalue weighted by atomic mass is 19.2. The number of para-hydroxylation sites is 1. The van der Waals surface area contributed by atoms with Crippen LogP contribution in [0.25, 0.3) is 16.6 Å². The molecule has 0 atom stereocenters. The Balaban J connectivity index is 1.51. The zero-order valence-corrected chi connectivity index (χ0v) is 19.7. The van der Waals surface area contributed by atoms with Crippen molar-refractivity contribution in [1.82, 2.24) is 9.88 Å². The lowest BCUT2D eigenvalue weighted by atomic mass is 10.1. The van der Waals surface area contributed by atoms with Gasteiger partial charge in [-0.1, -0.05) is 54.6 Å². The Bertz CT molecular complexity index is 1530. The summed E-state index contributed by atoms with van der Waals surface area (Å²) in [5.74, 6) is -1.53. The minimum Gasteiger partial charge on any atom is -0.489 e. The molecule has 0 saturated carbocycles. The van der Waals surface area contributed by atoms with E-state index >= 15 is 0 Å². The standard InChI is InChI=1S/C30H24F2N2O2/c1-20-29(30(35)33-18-22-12-14-26(31)27(32)16-22)25-17-24(36-19-21-8-4-2-5-9-21)13-15-28(25)34(20)23-10-6-3-7-11-23/h2-17H,18-19H2,1H3,(H,33,35). The molecule has 36 heavy (non-hydrogen) atoms. The molecule has 0 fully saturated rings. The molecule has 1 N–H and O–H groups in total. The van der Waals surface area contributed by atoms with Gasteiger partial charge in [0.1, 0.15) is 12.4 Å². The maximum Gasteiger partial charge on any atom is 0.254 e. The minimum atomic E-state index is -0.946. The van der Waals surface area contributed by atoms with Gasteiger partial charge in [0.25, 0.3) is 5.91 Å². The van der Waals surface area contributed by atoms with Gasteiger partial charge in [0.2, 0.25) is 0 Å². The van der Waals surface area contributed by atoms with Crippen molar-refractivity contribution in [1.29, 1.82) is 0 Å². The minimum absolute atomic E-state index is 0.0671. The van der Waals surface area contributed by atoms with Crippen LogP contribution < -0.4 is 10.1 Å². The van der Waals surface area contributed by atoms with Crippen molar-refractivity contribution < 1.29 is 18.3 Å². The van der Waals surface area contributed by atoms with Crippen LogP contribution in [0.2, 0.25) is 0 Å². The Hall–Kier alpha value is -4.45. The van der Waals surface area contributed by atoms with Gasteiger partial charge in [-0.3, -0.25) is 4.79 Å². The number of hydrogen-bond acceptors (Lipinski definition) is 2. The first-order chi connectivity index (χ1) is 17.5. The van der Waals surface area contributed by atoms with Crippen LogP contribution in [0.15, 0.2) is 97.1 Å². The summed E-state index contributed by atoms with van der Waals surface area (Å²) >= 11 is 0. The predicted octanol–water partition coefficient (Wildman–Crippen LogP) is 6.73. The van der Waals surface area contributed by atoms with Crippen LogP contribution in [0.4, 0.5) is 8.78 Å². The van der Waals surface area contributed by atoms with Crippen LogP contribution in [0.3, 0.4) is 0 Å². The SMILES string of the molecule is Cc1c(C(=O)NCc2ccc(F)c(F)c2)c2cc(OCc3ccccc3)ccc2n1-c1ccccc1. The van der Waals surface area contributed by atoms with Gasteiger partial charge in [-0.2, -0.15) is 0 Å². The van der Waals surface area contributed by atoms with E-state index in [1.54, 1.807) is 0 Å². The van der Waals surface area contributed by atoms with Gasteiger partial charge in [-0.25, -0.2) is 8.78 Å². The van der Waals surface area contributed by atoms with Crippen LogP contribution in [0.1, 0.15) is 27.2 Å². The molecule has 0 aliphatic heterocycles. The second-order valence-corrected chi connectivity index (χ2v) is 8.52. The lowest BCUT2D eigenvalue weighted by molar-refractivity contribution is 0.0952. The number of nitrogens with one attached hydrogen (secondary N) is 1. The summed E-state index contributed by atoms with van der Waals surface area (Å²) in [6.07, 6.45) is 0. The third-order valence-electron chi connectivity index (χ3n) is 6.10. The molecule has 1 heterocycles. The summed E-state index contributed by atoms with van der Waals surface area (Å²) in [5, 5.41) is 3.60. The first-order valence-corrected chi connectivity index (χ1v) is 11.6. The molecule has 0 saturated heterocycles. The topological polar surface area (TPSA) is 43.3 Å². The number of carbonyl (C=O) groups excluding carboxylic acids is 1. The number of aromatic nitrogens is 1. The number of nitrogens with zero attached hydrogens (tertiary/aromatic N) is 1. The maximum atomic E-state index is 13.6. The molecule has 0 spiro atoms.